The summed E-state index contributed by atoms with van der Waals surface area (Å²) in [6, 6.07) is 0. The minimum absolute atomic E-state index is 0. The number of aryl methyl sites for hydroxylation is 1. The van der Waals surface area contributed by atoms with Gasteiger partial charge in [-0.25, -0.2) is 4.98 Å². The zero-order valence-electron chi connectivity index (χ0n) is 12.9. The van der Waals surface area contributed by atoms with Gasteiger partial charge in [0.25, 0.3) is 0 Å². The van der Waals surface area contributed by atoms with Crippen molar-refractivity contribution in [1.82, 2.24) is 20.1 Å². The Morgan fingerprint density at radius 2 is 1.91 bits per heavy atom. The van der Waals surface area contributed by atoms with E-state index in [9.17, 15) is 4.79 Å². The van der Waals surface area contributed by atoms with Gasteiger partial charge in [0.05, 0.1) is 10.7 Å². The Labute approximate surface area is 155 Å². The summed E-state index contributed by atoms with van der Waals surface area (Å²) in [4.78, 5) is 20.7. The van der Waals surface area contributed by atoms with Gasteiger partial charge >= 0.3 is 0 Å². The first kappa shape index (κ1) is 24.1. The molecule has 1 saturated heterocycles. The fourth-order valence-corrected chi connectivity index (χ4v) is 2.86. The van der Waals surface area contributed by atoms with Gasteiger partial charge in [-0.15, -0.1) is 48.6 Å². The van der Waals surface area contributed by atoms with Gasteiger partial charge in [-0.05, 0) is 14.0 Å². The third-order valence-electron chi connectivity index (χ3n) is 3.37. The lowest BCUT2D eigenvalue weighted by Gasteiger charge is -2.34. The molecule has 0 aromatic carbocycles. The van der Waals surface area contributed by atoms with Crippen LogP contribution >= 0.6 is 48.6 Å². The first-order chi connectivity index (χ1) is 9.19. The Kier molecular flexibility index (Phi) is 13.5. The van der Waals surface area contributed by atoms with Gasteiger partial charge in [0.1, 0.15) is 0 Å². The summed E-state index contributed by atoms with van der Waals surface area (Å²) in [5.74, 6) is 0.263. The highest BCUT2D eigenvalue weighted by atomic mass is 35.5. The minimum atomic E-state index is 0. The SMILES string of the molecule is CNCCC(=O)N1CCN(Cc2csc(C)n2)CC1.Cl.Cl.Cl. The molecule has 1 fully saturated rings. The molecular formula is C13H25Cl3N4OS. The van der Waals surface area contributed by atoms with Gasteiger partial charge in [-0.3, -0.25) is 9.69 Å². The first-order valence-electron chi connectivity index (χ1n) is 6.75. The smallest absolute Gasteiger partial charge is 0.223 e. The molecule has 9 heteroatoms. The number of carbonyl (C=O) groups is 1. The molecule has 1 aromatic heterocycles. The molecule has 0 radical (unpaired) electrons. The Bertz CT molecular complexity index is 425. The van der Waals surface area contributed by atoms with Crippen molar-refractivity contribution in [2.45, 2.75) is 19.9 Å². The topological polar surface area (TPSA) is 48.5 Å². The van der Waals surface area contributed by atoms with E-state index in [0.29, 0.717) is 6.42 Å². The van der Waals surface area contributed by atoms with Crippen molar-refractivity contribution in [1.29, 1.82) is 0 Å². The van der Waals surface area contributed by atoms with Crippen LogP contribution in [0.4, 0.5) is 0 Å². The van der Waals surface area contributed by atoms with Crippen molar-refractivity contribution >= 4 is 54.5 Å². The van der Waals surface area contributed by atoms with Crippen LogP contribution in [0.2, 0.25) is 0 Å². The number of amides is 1. The van der Waals surface area contributed by atoms with E-state index in [1.807, 2.05) is 18.9 Å². The Balaban J connectivity index is 0. The van der Waals surface area contributed by atoms with E-state index < -0.39 is 0 Å². The standard InChI is InChI=1S/C13H22N4OS.3ClH/c1-11-15-12(10-19-11)9-16-5-7-17(8-6-16)13(18)3-4-14-2;;;/h10,14H,3-9H2,1-2H3;3*1H. The first-order valence-corrected chi connectivity index (χ1v) is 7.62. The van der Waals surface area contributed by atoms with Gasteiger partial charge in [0.15, 0.2) is 0 Å². The molecule has 0 aliphatic carbocycles. The number of halogens is 3. The van der Waals surface area contributed by atoms with Gasteiger partial charge in [0.2, 0.25) is 5.91 Å². The van der Waals surface area contributed by atoms with Gasteiger partial charge in [-0.1, -0.05) is 0 Å². The van der Waals surface area contributed by atoms with E-state index in [0.717, 1.165) is 50.0 Å². The normalized spacial score (nSPS) is 14.5. The summed E-state index contributed by atoms with van der Waals surface area (Å²) in [5.41, 5.74) is 1.15. The highest BCUT2D eigenvalue weighted by Gasteiger charge is 2.20. The summed E-state index contributed by atoms with van der Waals surface area (Å²) in [5, 5.41) is 6.26. The molecule has 1 aliphatic heterocycles. The van der Waals surface area contributed by atoms with Crippen LogP contribution in [0.15, 0.2) is 5.38 Å². The van der Waals surface area contributed by atoms with E-state index in [-0.39, 0.29) is 43.1 Å². The zero-order valence-corrected chi connectivity index (χ0v) is 16.2. The average Bonchev–Trinajstić information content (AvgIpc) is 2.82. The van der Waals surface area contributed by atoms with Crippen molar-refractivity contribution in [3.8, 4) is 0 Å². The van der Waals surface area contributed by atoms with Crippen LogP contribution in [-0.2, 0) is 11.3 Å². The molecule has 1 aliphatic rings. The van der Waals surface area contributed by atoms with Crippen molar-refractivity contribution < 1.29 is 4.79 Å². The Morgan fingerprint density at radius 1 is 1.27 bits per heavy atom. The molecule has 0 saturated carbocycles. The molecule has 5 nitrogen and oxygen atoms in total. The van der Waals surface area contributed by atoms with E-state index in [4.69, 9.17) is 0 Å². The second-order valence-corrected chi connectivity index (χ2v) is 5.93. The maximum Gasteiger partial charge on any atom is 0.223 e. The van der Waals surface area contributed by atoms with Gasteiger partial charge in [0, 0.05) is 51.1 Å². The summed E-state index contributed by atoms with van der Waals surface area (Å²) in [6.45, 7) is 7.27. The summed E-state index contributed by atoms with van der Waals surface area (Å²) >= 11 is 1.70. The lowest BCUT2D eigenvalue weighted by atomic mass is 10.2. The molecule has 1 N–H and O–H groups in total. The fourth-order valence-electron chi connectivity index (χ4n) is 2.26. The van der Waals surface area contributed by atoms with Crippen LogP contribution in [0.3, 0.4) is 0 Å². The number of nitrogens with one attached hydrogen (secondary N) is 1. The quantitative estimate of drug-likeness (QED) is 0.833. The van der Waals surface area contributed by atoms with Crippen molar-refractivity contribution in [2.24, 2.45) is 0 Å². The maximum atomic E-state index is 11.9. The minimum Gasteiger partial charge on any atom is -0.340 e. The number of rotatable bonds is 5. The predicted molar refractivity (Wildman–Crippen MR) is 99.0 cm³/mol. The van der Waals surface area contributed by atoms with E-state index >= 15 is 0 Å². The molecule has 130 valence electrons. The third-order valence-corrected chi connectivity index (χ3v) is 4.19. The highest BCUT2D eigenvalue weighted by Crippen LogP contribution is 2.12. The number of hydrogen-bond donors (Lipinski definition) is 1. The molecule has 1 aromatic rings. The number of carbonyl (C=O) groups excluding carboxylic acids is 1. The third kappa shape index (κ3) is 7.44. The number of aromatic nitrogens is 1. The molecule has 0 unspecified atom stereocenters. The molecule has 0 spiro atoms. The average molecular weight is 392 g/mol. The lowest BCUT2D eigenvalue weighted by molar-refractivity contribution is -0.132. The van der Waals surface area contributed by atoms with E-state index in [2.05, 4.69) is 20.6 Å². The van der Waals surface area contributed by atoms with Crippen LogP contribution in [0, 0.1) is 6.92 Å². The van der Waals surface area contributed by atoms with Crippen LogP contribution in [0.25, 0.3) is 0 Å². The Morgan fingerprint density at radius 3 is 2.41 bits per heavy atom. The molecule has 1 amide bonds. The van der Waals surface area contributed by atoms with Crippen molar-refractivity contribution in [3.63, 3.8) is 0 Å². The lowest BCUT2D eigenvalue weighted by Crippen LogP contribution is -2.48. The second-order valence-electron chi connectivity index (χ2n) is 4.87. The molecule has 22 heavy (non-hydrogen) atoms. The second kappa shape index (κ2) is 12.3. The van der Waals surface area contributed by atoms with Crippen LogP contribution in [0.5, 0.6) is 0 Å². The molecule has 2 heterocycles. The summed E-state index contributed by atoms with van der Waals surface area (Å²) in [6.07, 6.45) is 0.599. The van der Waals surface area contributed by atoms with Gasteiger partial charge in [-0.2, -0.15) is 0 Å². The number of hydrogen-bond acceptors (Lipinski definition) is 5. The maximum absolute atomic E-state index is 11.9. The van der Waals surface area contributed by atoms with Crippen molar-refractivity contribution in [3.05, 3.63) is 16.1 Å². The highest BCUT2D eigenvalue weighted by molar-refractivity contribution is 7.09. The molecule has 0 bridgehead atoms. The zero-order chi connectivity index (χ0) is 13.7. The van der Waals surface area contributed by atoms with Crippen LogP contribution in [-0.4, -0.2) is 60.5 Å². The molecule has 2 rings (SSSR count). The monoisotopic (exact) mass is 390 g/mol. The largest absolute Gasteiger partial charge is 0.340 e. The van der Waals surface area contributed by atoms with E-state index in [1.165, 1.54) is 0 Å². The van der Waals surface area contributed by atoms with Crippen molar-refractivity contribution in [2.75, 3.05) is 39.8 Å². The van der Waals surface area contributed by atoms with Crippen LogP contribution < -0.4 is 5.32 Å². The van der Waals surface area contributed by atoms with Crippen LogP contribution in [0.1, 0.15) is 17.1 Å². The number of piperazine rings is 1. The summed E-state index contributed by atoms with van der Waals surface area (Å²) < 4.78 is 0. The molecule has 0 atom stereocenters. The van der Waals surface area contributed by atoms with E-state index in [1.54, 1.807) is 11.3 Å². The summed E-state index contributed by atoms with van der Waals surface area (Å²) in [7, 11) is 1.88. The fraction of sp³-hybridized carbons (Fsp3) is 0.692. The van der Waals surface area contributed by atoms with Gasteiger partial charge < -0.3 is 10.2 Å². The number of nitrogens with zero attached hydrogens (tertiary/aromatic N) is 3. The molecular weight excluding hydrogens is 367 g/mol. The predicted octanol–water partition coefficient (Wildman–Crippen LogP) is 1.97. The number of thiazole rings is 1. The Hall–Kier alpha value is -0.110.